The van der Waals surface area contributed by atoms with Crippen molar-refractivity contribution in [2.75, 3.05) is 5.32 Å². The molecule has 1 aromatic heterocycles. The summed E-state index contributed by atoms with van der Waals surface area (Å²) in [6, 6.07) is 5.85. The van der Waals surface area contributed by atoms with Crippen LogP contribution >= 0.6 is 22.9 Å². The maximum Gasteiger partial charge on any atom is 0.112 e. The fourth-order valence-electron chi connectivity index (χ4n) is 1.48. The maximum atomic E-state index is 5.90. The average molecular weight is 253 g/mol. The van der Waals surface area contributed by atoms with Crippen LogP contribution in [0.5, 0.6) is 0 Å². The third-order valence-corrected chi connectivity index (χ3v) is 3.49. The van der Waals surface area contributed by atoms with Gasteiger partial charge in [0.25, 0.3) is 0 Å². The van der Waals surface area contributed by atoms with Gasteiger partial charge >= 0.3 is 0 Å². The summed E-state index contributed by atoms with van der Waals surface area (Å²) in [5.74, 6) is 0. The van der Waals surface area contributed by atoms with Crippen molar-refractivity contribution in [2.45, 2.75) is 20.4 Å². The summed E-state index contributed by atoms with van der Waals surface area (Å²) < 4.78 is 0. The first-order chi connectivity index (χ1) is 7.65. The molecular formula is C12H13ClN2S. The molecule has 0 atom stereocenters. The van der Waals surface area contributed by atoms with Crippen LogP contribution in [-0.4, -0.2) is 4.98 Å². The lowest BCUT2D eigenvalue weighted by Crippen LogP contribution is -2.00. The summed E-state index contributed by atoms with van der Waals surface area (Å²) in [5.41, 5.74) is 3.34. The number of nitrogens with zero attached hydrogens (tertiary/aromatic N) is 1. The Kier molecular flexibility index (Phi) is 3.46. The molecule has 1 aromatic carbocycles. The molecule has 0 bridgehead atoms. The summed E-state index contributed by atoms with van der Waals surface area (Å²) in [5, 5.41) is 7.30. The highest BCUT2D eigenvalue weighted by Crippen LogP contribution is 2.20. The second kappa shape index (κ2) is 4.85. The molecule has 4 heteroatoms. The number of aryl methyl sites for hydroxylation is 2. The van der Waals surface area contributed by atoms with E-state index in [1.165, 1.54) is 0 Å². The van der Waals surface area contributed by atoms with Gasteiger partial charge in [-0.25, -0.2) is 4.98 Å². The molecule has 0 spiro atoms. The molecule has 0 unspecified atom stereocenters. The Bertz CT molecular complexity index is 494. The molecule has 2 nitrogen and oxygen atoms in total. The van der Waals surface area contributed by atoms with Crippen molar-refractivity contribution < 1.29 is 0 Å². The number of benzene rings is 1. The Morgan fingerprint density at radius 3 is 2.81 bits per heavy atom. The fraction of sp³-hybridized carbons (Fsp3) is 0.250. The predicted octanol–water partition coefficient (Wildman–Crippen LogP) is 4.03. The van der Waals surface area contributed by atoms with E-state index in [1.54, 1.807) is 11.3 Å². The van der Waals surface area contributed by atoms with Crippen LogP contribution in [0.1, 0.15) is 16.3 Å². The number of hydrogen-bond acceptors (Lipinski definition) is 3. The molecule has 0 aliphatic carbocycles. The first-order valence-electron chi connectivity index (χ1n) is 5.06. The third-order valence-electron chi connectivity index (χ3n) is 2.29. The van der Waals surface area contributed by atoms with Gasteiger partial charge in [0, 0.05) is 21.8 Å². The monoisotopic (exact) mass is 252 g/mol. The smallest absolute Gasteiger partial charge is 0.112 e. The van der Waals surface area contributed by atoms with Gasteiger partial charge in [0.05, 0.1) is 6.54 Å². The number of halogens is 1. The lowest BCUT2D eigenvalue weighted by Gasteiger charge is -2.07. The molecule has 1 N–H and O–H groups in total. The lowest BCUT2D eigenvalue weighted by molar-refractivity contribution is 1.07. The Morgan fingerprint density at radius 1 is 1.38 bits per heavy atom. The van der Waals surface area contributed by atoms with E-state index in [0.29, 0.717) is 0 Å². The SMILES string of the molecule is Cc1csc(CNc2ccc(Cl)cc2C)n1. The lowest BCUT2D eigenvalue weighted by atomic mass is 10.2. The Labute approximate surface area is 104 Å². The Morgan fingerprint density at radius 2 is 2.19 bits per heavy atom. The molecule has 0 radical (unpaired) electrons. The highest BCUT2D eigenvalue weighted by molar-refractivity contribution is 7.09. The first-order valence-corrected chi connectivity index (χ1v) is 6.32. The van der Waals surface area contributed by atoms with Crippen molar-refractivity contribution in [3.05, 3.63) is 44.9 Å². The van der Waals surface area contributed by atoms with Crippen molar-refractivity contribution in [2.24, 2.45) is 0 Å². The van der Waals surface area contributed by atoms with Crippen LogP contribution in [0.2, 0.25) is 5.02 Å². The Balaban J connectivity index is 2.04. The normalized spacial score (nSPS) is 10.4. The largest absolute Gasteiger partial charge is 0.378 e. The van der Waals surface area contributed by atoms with Crippen LogP contribution in [0.15, 0.2) is 23.6 Å². The van der Waals surface area contributed by atoms with Gasteiger partial charge < -0.3 is 5.32 Å². The predicted molar refractivity (Wildman–Crippen MR) is 70.4 cm³/mol. The number of hydrogen-bond donors (Lipinski definition) is 1. The van der Waals surface area contributed by atoms with Crippen molar-refractivity contribution in [3.8, 4) is 0 Å². The summed E-state index contributed by atoms with van der Waals surface area (Å²) in [7, 11) is 0. The Hall–Kier alpha value is -1.06. The molecule has 0 amide bonds. The maximum absolute atomic E-state index is 5.90. The number of rotatable bonds is 3. The second-order valence-electron chi connectivity index (χ2n) is 3.70. The van der Waals surface area contributed by atoms with Gasteiger partial charge in [0.1, 0.15) is 5.01 Å². The van der Waals surface area contributed by atoms with Crippen LogP contribution in [0.4, 0.5) is 5.69 Å². The summed E-state index contributed by atoms with van der Waals surface area (Å²) in [4.78, 5) is 4.40. The van der Waals surface area contributed by atoms with E-state index in [4.69, 9.17) is 11.6 Å². The molecule has 84 valence electrons. The minimum absolute atomic E-state index is 0.765. The van der Waals surface area contributed by atoms with E-state index in [0.717, 1.165) is 33.5 Å². The molecule has 0 aliphatic rings. The summed E-state index contributed by atoms with van der Waals surface area (Å²) >= 11 is 7.58. The van der Waals surface area contributed by atoms with E-state index < -0.39 is 0 Å². The summed E-state index contributed by atoms with van der Waals surface area (Å²) in [6.07, 6.45) is 0. The number of nitrogens with one attached hydrogen (secondary N) is 1. The number of aromatic nitrogens is 1. The van der Waals surface area contributed by atoms with E-state index in [2.05, 4.69) is 15.7 Å². The van der Waals surface area contributed by atoms with Crippen molar-refractivity contribution in [1.29, 1.82) is 0 Å². The van der Waals surface area contributed by atoms with Gasteiger partial charge in [-0.05, 0) is 37.6 Å². The van der Waals surface area contributed by atoms with Crippen molar-refractivity contribution in [3.63, 3.8) is 0 Å². The van der Waals surface area contributed by atoms with Gasteiger partial charge in [0.2, 0.25) is 0 Å². The molecule has 1 heterocycles. The zero-order chi connectivity index (χ0) is 11.5. The van der Waals surface area contributed by atoms with Gasteiger partial charge in [-0.3, -0.25) is 0 Å². The first kappa shape index (κ1) is 11.4. The molecule has 0 saturated heterocycles. The van der Waals surface area contributed by atoms with Crippen molar-refractivity contribution in [1.82, 2.24) is 4.98 Å². The van der Waals surface area contributed by atoms with Crippen LogP contribution in [0.25, 0.3) is 0 Å². The van der Waals surface area contributed by atoms with Gasteiger partial charge in [-0.1, -0.05) is 11.6 Å². The minimum Gasteiger partial charge on any atom is -0.378 e. The number of anilines is 1. The quantitative estimate of drug-likeness (QED) is 0.892. The highest BCUT2D eigenvalue weighted by atomic mass is 35.5. The van der Waals surface area contributed by atoms with E-state index >= 15 is 0 Å². The molecule has 2 rings (SSSR count). The highest BCUT2D eigenvalue weighted by Gasteiger charge is 2.01. The third kappa shape index (κ3) is 2.74. The van der Waals surface area contributed by atoms with Crippen molar-refractivity contribution >= 4 is 28.6 Å². The minimum atomic E-state index is 0.765. The summed E-state index contributed by atoms with van der Waals surface area (Å²) in [6.45, 7) is 4.82. The molecule has 0 saturated carbocycles. The van der Waals surface area contributed by atoms with Crippen LogP contribution in [0, 0.1) is 13.8 Å². The van der Waals surface area contributed by atoms with Gasteiger partial charge in [0.15, 0.2) is 0 Å². The molecular weight excluding hydrogens is 240 g/mol. The van der Waals surface area contributed by atoms with Crippen LogP contribution in [-0.2, 0) is 6.54 Å². The zero-order valence-electron chi connectivity index (χ0n) is 9.25. The molecule has 0 aliphatic heterocycles. The average Bonchev–Trinajstić information content (AvgIpc) is 2.63. The molecule has 2 aromatic rings. The van der Waals surface area contributed by atoms with E-state index in [-0.39, 0.29) is 0 Å². The zero-order valence-corrected chi connectivity index (χ0v) is 10.8. The van der Waals surface area contributed by atoms with Crippen LogP contribution in [0.3, 0.4) is 0 Å². The fourth-order valence-corrected chi connectivity index (χ4v) is 2.42. The molecule has 16 heavy (non-hydrogen) atoms. The van der Waals surface area contributed by atoms with E-state index in [1.807, 2.05) is 32.0 Å². The number of thiazole rings is 1. The standard InChI is InChI=1S/C12H13ClN2S/c1-8-5-10(13)3-4-11(8)14-6-12-15-9(2)7-16-12/h3-5,7,14H,6H2,1-2H3. The van der Waals surface area contributed by atoms with Gasteiger partial charge in [-0.2, -0.15) is 0 Å². The van der Waals surface area contributed by atoms with Crippen LogP contribution < -0.4 is 5.32 Å². The van der Waals surface area contributed by atoms with Gasteiger partial charge in [-0.15, -0.1) is 11.3 Å². The van der Waals surface area contributed by atoms with E-state index in [9.17, 15) is 0 Å². The second-order valence-corrected chi connectivity index (χ2v) is 5.07. The topological polar surface area (TPSA) is 24.9 Å². The molecule has 0 fully saturated rings.